The maximum atomic E-state index is 12.7. The van der Waals surface area contributed by atoms with Gasteiger partial charge in [0.05, 0.1) is 26.3 Å². The van der Waals surface area contributed by atoms with Crippen LogP contribution in [0.2, 0.25) is 0 Å². The fourth-order valence-corrected chi connectivity index (χ4v) is 2.37. The van der Waals surface area contributed by atoms with Crippen molar-refractivity contribution < 1.29 is 18.8 Å². The van der Waals surface area contributed by atoms with Gasteiger partial charge < -0.3 is 14.4 Å². The first-order chi connectivity index (χ1) is 9.34. The van der Waals surface area contributed by atoms with Crippen molar-refractivity contribution in [3.63, 3.8) is 0 Å². The number of nitrogens with one attached hydrogen (secondary N) is 1. The van der Waals surface area contributed by atoms with Crippen molar-refractivity contribution in [1.82, 2.24) is 0 Å². The molecule has 0 atom stereocenters. The Labute approximate surface area is 114 Å². The first-order valence-electron chi connectivity index (χ1n) is 7.14. The summed E-state index contributed by atoms with van der Waals surface area (Å²) in [4.78, 5) is 1.66. The van der Waals surface area contributed by atoms with Gasteiger partial charge in [0.25, 0.3) is 0 Å². The molecule has 0 aromatic heterocycles. The molecule has 1 aromatic rings. The van der Waals surface area contributed by atoms with Crippen LogP contribution in [-0.2, 0) is 4.74 Å². The molecule has 1 fully saturated rings. The highest BCUT2D eigenvalue weighted by molar-refractivity contribution is 5.21. The molecule has 1 heterocycles. The van der Waals surface area contributed by atoms with Crippen LogP contribution < -0.4 is 9.64 Å². The van der Waals surface area contributed by atoms with E-state index in [4.69, 9.17) is 9.47 Å². The van der Waals surface area contributed by atoms with Gasteiger partial charge in [0.15, 0.2) is 0 Å². The van der Waals surface area contributed by atoms with Crippen LogP contribution in [0.4, 0.5) is 4.39 Å². The van der Waals surface area contributed by atoms with Gasteiger partial charge in [-0.25, -0.2) is 4.39 Å². The Morgan fingerprint density at radius 1 is 0.947 bits per heavy atom. The molecule has 0 aliphatic carbocycles. The molecule has 2 rings (SSSR count). The molecule has 1 aliphatic heterocycles. The number of hydrogen-bond donors (Lipinski definition) is 1. The molecule has 4 heteroatoms. The molecular formula is C15H23FNO2+. The summed E-state index contributed by atoms with van der Waals surface area (Å²) in [5.41, 5.74) is 0. The fourth-order valence-electron chi connectivity index (χ4n) is 2.37. The standard InChI is InChI=1S/C15H22FNO2/c16-14-4-6-15(7-5-14)19-13-12-18-11-10-17-8-2-1-3-9-17/h4-7H,1-3,8-13H2/p+1. The minimum atomic E-state index is -0.242. The average Bonchev–Trinajstić information content (AvgIpc) is 2.46. The van der Waals surface area contributed by atoms with E-state index < -0.39 is 0 Å². The van der Waals surface area contributed by atoms with Crippen LogP contribution in [-0.4, -0.2) is 39.5 Å². The SMILES string of the molecule is Fc1ccc(OCCOCC[NH+]2CCCCC2)cc1. The third kappa shape index (κ3) is 5.57. The van der Waals surface area contributed by atoms with E-state index in [1.807, 2.05) is 0 Å². The summed E-state index contributed by atoms with van der Waals surface area (Å²) < 4.78 is 23.7. The van der Waals surface area contributed by atoms with E-state index in [0.717, 1.165) is 13.2 Å². The highest BCUT2D eigenvalue weighted by atomic mass is 19.1. The number of ether oxygens (including phenoxy) is 2. The molecule has 0 bridgehead atoms. The van der Waals surface area contributed by atoms with Crippen molar-refractivity contribution in [3.05, 3.63) is 30.1 Å². The number of rotatable bonds is 7. The summed E-state index contributed by atoms with van der Waals surface area (Å²) in [5, 5.41) is 0. The molecule has 1 saturated heterocycles. The molecule has 0 saturated carbocycles. The van der Waals surface area contributed by atoms with Crippen molar-refractivity contribution in [1.29, 1.82) is 0 Å². The maximum Gasteiger partial charge on any atom is 0.123 e. The second kappa shape index (κ2) is 8.12. The third-order valence-corrected chi connectivity index (χ3v) is 3.47. The largest absolute Gasteiger partial charge is 0.491 e. The number of piperidine rings is 1. The lowest BCUT2D eigenvalue weighted by atomic mass is 10.1. The third-order valence-electron chi connectivity index (χ3n) is 3.47. The maximum absolute atomic E-state index is 12.7. The second-order valence-electron chi connectivity index (χ2n) is 4.98. The number of halogens is 1. The van der Waals surface area contributed by atoms with Gasteiger partial charge in [-0.05, 0) is 43.5 Å². The van der Waals surface area contributed by atoms with E-state index >= 15 is 0 Å². The molecule has 0 spiro atoms. The van der Waals surface area contributed by atoms with E-state index in [1.54, 1.807) is 17.0 Å². The highest BCUT2D eigenvalue weighted by Crippen LogP contribution is 2.10. The molecule has 19 heavy (non-hydrogen) atoms. The van der Waals surface area contributed by atoms with E-state index in [2.05, 4.69) is 0 Å². The summed E-state index contributed by atoms with van der Waals surface area (Å²) in [5.74, 6) is 0.444. The van der Waals surface area contributed by atoms with Crippen LogP contribution in [0.5, 0.6) is 5.75 Å². The Balaban J connectivity index is 1.49. The smallest absolute Gasteiger partial charge is 0.123 e. The van der Waals surface area contributed by atoms with Crippen LogP contribution in [0.1, 0.15) is 19.3 Å². The van der Waals surface area contributed by atoms with Crippen LogP contribution in [0, 0.1) is 5.82 Å². The Morgan fingerprint density at radius 3 is 2.42 bits per heavy atom. The van der Waals surface area contributed by atoms with Gasteiger partial charge in [-0.15, -0.1) is 0 Å². The Bertz CT molecular complexity index is 350. The molecule has 1 N–H and O–H groups in total. The van der Waals surface area contributed by atoms with E-state index in [1.165, 1.54) is 44.5 Å². The lowest BCUT2D eigenvalue weighted by Gasteiger charge is -2.23. The highest BCUT2D eigenvalue weighted by Gasteiger charge is 2.12. The number of likely N-dealkylation sites (tertiary alicyclic amines) is 1. The summed E-state index contributed by atoms with van der Waals surface area (Å²) in [6.45, 7) is 5.56. The van der Waals surface area contributed by atoms with Crippen LogP contribution >= 0.6 is 0 Å². The zero-order valence-corrected chi connectivity index (χ0v) is 11.4. The molecule has 1 aliphatic rings. The summed E-state index contributed by atoms with van der Waals surface area (Å²) in [6.07, 6.45) is 4.09. The van der Waals surface area contributed by atoms with Crippen LogP contribution in [0.15, 0.2) is 24.3 Å². The number of hydrogen-bond acceptors (Lipinski definition) is 2. The van der Waals surface area contributed by atoms with Gasteiger partial charge in [0, 0.05) is 0 Å². The predicted octanol–water partition coefficient (Wildman–Crippen LogP) is 1.29. The quantitative estimate of drug-likeness (QED) is 0.753. The van der Waals surface area contributed by atoms with Crippen LogP contribution in [0.25, 0.3) is 0 Å². The minimum absolute atomic E-state index is 0.242. The molecule has 1 aromatic carbocycles. The van der Waals surface area contributed by atoms with Gasteiger partial charge in [-0.3, -0.25) is 0 Å². The summed E-state index contributed by atoms with van der Waals surface area (Å²) >= 11 is 0. The molecule has 0 radical (unpaired) electrons. The first kappa shape index (κ1) is 14.3. The van der Waals surface area contributed by atoms with Gasteiger partial charge in [-0.2, -0.15) is 0 Å². The Kier molecular flexibility index (Phi) is 6.11. The zero-order valence-electron chi connectivity index (χ0n) is 11.4. The van der Waals surface area contributed by atoms with E-state index in [9.17, 15) is 4.39 Å². The predicted molar refractivity (Wildman–Crippen MR) is 72.1 cm³/mol. The summed E-state index contributed by atoms with van der Waals surface area (Å²) in [6, 6.07) is 6.06. The van der Waals surface area contributed by atoms with Crippen molar-refractivity contribution in [2.75, 3.05) is 39.5 Å². The second-order valence-corrected chi connectivity index (χ2v) is 4.98. The van der Waals surface area contributed by atoms with Gasteiger partial charge in [0.2, 0.25) is 0 Å². The van der Waals surface area contributed by atoms with Crippen molar-refractivity contribution in [3.8, 4) is 5.75 Å². The van der Waals surface area contributed by atoms with E-state index in [-0.39, 0.29) is 5.82 Å². The average molecular weight is 268 g/mol. The fraction of sp³-hybridized carbons (Fsp3) is 0.600. The minimum Gasteiger partial charge on any atom is -0.491 e. The van der Waals surface area contributed by atoms with Crippen molar-refractivity contribution in [2.24, 2.45) is 0 Å². The van der Waals surface area contributed by atoms with Gasteiger partial charge in [-0.1, -0.05) is 0 Å². The molecule has 0 unspecified atom stereocenters. The van der Waals surface area contributed by atoms with Gasteiger partial charge >= 0.3 is 0 Å². The first-order valence-corrected chi connectivity index (χ1v) is 7.14. The van der Waals surface area contributed by atoms with Crippen molar-refractivity contribution in [2.45, 2.75) is 19.3 Å². The van der Waals surface area contributed by atoms with Gasteiger partial charge in [0.1, 0.15) is 24.7 Å². The van der Waals surface area contributed by atoms with E-state index in [0.29, 0.717) is 19.0 Å². The lowest BCUT2D eigenvalue weighted by Crippen LogP contribution is -3.13. The molecule has 0 amide bonds. The summed E-state index contributed by atoms with van der Waals surface area (Å²) in [7, 11) is 0. The number of benzene rings is 1. The van der Waals surface area contributed by atoms with Crippen LogP contribution in [0.3, 0.4) is 0 Å². The Morgan fingerprint density at radius 2 is 1.68 bits per heavy atom. The lowest BCUT2D eigenvalue weighted by molar-refractivity contribution is -0.905. The normalized spacial score (nSPS) is 16.5. The topological polar surface area (TPSA) is 22.9 Å². The molecule has 106 valence electrons. The van der Waals surface area contributed by atoms with Crippen molar-refractivity contribution >= 4 is 0 Å². The molecular weight excluding hydrogens is 245 g/mol. The monoisotopic (exact) mass is 268 g/mol. The zero-order chi connectivity index (χ0) is 13.3. The Hall–Kier alpha value is -1.13. The molecule has 3 nitrogen and oxygen atoms in total. The number of quaternary nitrogens is 1.